The zero-order valence-corrected chi connectivity index (χ0v) is 16.3. The molecule has 1 aliphatic rings. The fraction of sp³-hybridized carbons (Fsp3) is 0.273. The van der Waals surface area contributed by atoms with Crippen LogP contribution in [0.1, 0.15) is 57.3 Å². The number of benzene rings is 2. The van der Waals surface area contributed by atoms with E-state index in [1.807, 2.05) is 6.92 Å². The van der Waals surface area contributed by atoms with Crippen molar-refractivity contribution in [3.8, 4) is 0 Å². The molecule has 7 heteroatoms. The Bertz CT molecular complexity index is 917. The van der Waals surface area contributed by atoms with Crippen molar-refractivity contribution in [3.05, 3.63) is 65.2 Å². The Hall–Kier alpha value is -3.48. The van der Waals surface area contributed by atoms with Crippen LogP contribution < -0.4 is 5.32 Å². The first kappa shape index (κ1) is 20.3. The maximum Gasteiger partial charge on any atom is 0.337 e. The summed E-state index contributed by atoms with van der Waals surface area (Å²) < 4.78 is 4.65. The van der Waals surface area contributed by atoms with Crippen molar-refractivity contribution in [2.75, 3.05) is 12.4 Å². The van der Waals surface area contributed by atoms with Crippen LogP contribution in [0.5, 0.6) is 0 Å². The molecule has 0 spiro atoms. The summed E-state index contributed by atoms with van der Waals surface area (Å²) in [6, 6.07) is 11.9. The van der Waals surface area contributed by atoms with Crippen molar-refractivity contribution in [2.24, 2.45) is 0 Å². The number of amides is 3. The van der Waals surface area contributed by atoms with Gasteiger partial charge in [0.25, 0.3) is 11.8 Å². The second-order valence-electron chi connectivity index (χ2n) is 6.74. The van der Waals surface area contributed by atoms with Crippen molar-refractivity contribution < 1.29 is 23.9 Å². The van der Waals surface area contributed by atoms with Crippen molar-refractivity contribution in [2.45, 2.75) is 32.2 Å². The summed E-state index contributed by atoms with van der Waals surface area (Å²) >= 11 is 0. The first-order valence-corrected chi connectivity index (χ1v) is 9.44. The maximum absolute atomic E-state index is 13.0. The van der Waals surface area contributed by atoms with Crippen LogP contribution in [0.3, 0.4) is 0 Å². The lowest BCUT2D eigenvalue weighted by Gasteiger charge is -2.25. The van der Waals surface area contributed by atoms with Gasteiger partial charge < -0.3 is 10.1 Å². The number of hydrogen-bond acceptors (Lipinski definition) is 5. The van der Waals surface area contributed by atoms with E-state index in [4.69, 9.17) is 0 Å². The number of carbonyl (C=O) groups excluding carboxylic acids is 4. The van der Waals surface area contributed by atoms with Crippen LogP contribution in [0.2, 0.25) is 0 Å². The molecule has 7 nitrogen and oxygen atoms in total. The number of methoxy groups -OCH3 is 1. The number of rotatable bonds is 7. The maximum atomic E-state index is 13.0. The fourth-order valence-corrected chi connectivity index (χ4v) is 3.30. The van der Waals surface area contributed by atoms with Gasteiger partial charge in [-0.2, -0.15) is 0 Å². The Kier molecular flexibility index (Phi) is 6.07. The zero-order chi connectivity index (χ0) is 21.0. The lowest BCUT2D eigenvalue weighted by Crippen LogP contribution is -2.47. The topological polar surface area (TPSA) is 92.8 Å². The Morgan fingerprint density at radius 1 is 1.00 bits per heavy atom. The standard InChI is InChI=1S/C22H22N2O5/c1-3-4-9-18(24-20(26)16-7-5-6-8-17(16)21(24)27)19(25)23-15-12-10-14(11-13-15)22(28)29-2/h5-8,10-13,18H,3-4,9H2,1-2H3,(H,23,25). The Morgan fingerprint density at radius 3 is 2.10 bits per heavy atom. The van der Waals surface area contributed by atoms with E-state index in [0.717, 1.165) is 11.3 Å². The molecule has 1 N–H and O–H groups in total. The smallest absolute Gasteiger partial charge is 0.337 e. The second kappa shape index (κ2) is 8.68. The lowest BCUT2D eigenvalue weighted by atomic mass is 10.1. The molecule has 2 aromatic carbocycles. The van der Waals surface area contributed by atoms with E-state index in [0.29, 0.717) is 35.2 Å². The van der Waals surface area contributed by atoms with Gasteiger partial charge in [0.05, 0.1) is 23.8 Å². The predicted octanol–water partition coefficient (Wildman–Crippen LogP) is 3.27. The number of imide groups is 1. The normalized spacial score (nSPS) is 13.8. The molecule has 1 aliphatic heterocycles. The van der Waals surface area contributed by atoms with E-state index in [1.54, 1.807) is 36.4 Å². The van der Waals surface area contributed by atoms with Crippen molar-refractivity contribution >= 4 is 29.4 Å². The Labute approximate surface area is 168 Å². The predicted molar refractivity (Wildman–Crippen MR) is 107 cm³/mol. The summed E-state index contributed by atoms with van der Waals surface area (Å²) in [4.78, 5) is 51.2. The van der Waals surface area contributed by atoms with Crippen LogP contribution in [-0.2, 0) is 9.53 Å². The second-order valence-corrected chi connectivity index (χ2v) is 6.74. The van der Waals surface area contributed by atoms with Gasteiger partial charge in [0, 0.05) is 5.69 Å². The molecule has 0 aromatic heterocycles. The van der Waals surface area contributed by atoms with Crippen molar-refractivity contribution in [1.82, 2.24) is 4.90 Å². The largest absolute Gasteiger partial charge is 0.465 e. The summed E-state index contributed by atoms with van der Waals surface area (Å²) in [5.41, 5.74) is 1.44. The molecule has 0 bridgehead atoms. The van der Waals surface area contributed by atoms with Gasteiger partial charge in [-0.25, -0.2) is 4.79 Å². The van der Waals surface area contributed by atoms with Gasteiger partial charge in [0.15, 0.2) is 0 Å². The first-order valence-electron chi connectivity index (χ1n) is 9.44. The van der Waals surface area contributed by atoms with Crippen LogP contribution in [0.25, 0.3) is 0 Å². The number of ether oxygens (including phenoxy) is 1. The van der Waals surface area contributed by atoms with Crippen LogP contribution in [0.15, 0.2) is 48.5 Å². The number of esters is 1. The monoisotopic (exact) mass is 394 g/mol. The molecule has 1 unspecified atom stereocenters. The number of carbonyl (C=O) groups is 4. The lowest BCUT2D eigenvalue weighted by molar-refractivity contribution is -0.120. The van der Waals surface area contributed by atoms with Gasteiger partial charge in [0.2, 0.25) is 5.91 Å². The van der Waals surface area contributed by atoms with Gasteiger partial charge in [0.1, 0.15) is 6.04 Å². The minimum atomic E-state index is -0.914. The molecule has 29 heavy (non-hydrogen) atoms. The number of nitrogens with one attached hydrogen (secondary N) is 1. The summed E-state index contributed by atoms with van der Waals surface area (Å²) in [5.74, 6) is -1.83. The molecule has 0 aliphatic carbocycles. The van der Waals surface area contributed by atoms with Gasteiger partial charge in [-0.3, -0.25) is 19.3 Å². The Morgan fingerprint density at radius 2 is 1.59 bits per heavy atom. The minimum absolute atomic E-state index is 0.314. The highest BCUT2D eigenvalue weighted by Crippen LogP contribution is 2.27. The summed E-state index contributed by atoms with van der Waals surface area (Å²) in [6.07, 6.45) is 1.88. The first-order chi connectivity index (χ1) is 14.0. The molecule has 0 saturated carbocycles. The molecule has 3 rings (SSSR count). The number of anilines is 1. The quantitative estimate of drug-likeness (QED) is 0.575. The van der Waals surface area contributed by atoms with Crippen molar-refractivity contribution in [3.63, 3.8) is 0 Å². The minimum Gasteiger partial charge on any atom is -0.465 e. The molecule has 1 heterocycles. The van der Waals surface area contributed by atoms with Crippen LogP contribution in [0.4, 0.5) is 5.69 Å². The van der Waals surface area contributed by atoms with E-state index in [9.17, 15) is 19.2 Å². The molecule has 0 radical (unpaired) electrons. The highest BCUT2D eigenvalue weighted by molar-refractivity contribution is 6.23. The highest BCUT2D eigenvalue weighted by Gasteiger charge is 2.42. The molecule has 1 atom stereocenters. The van der Waals surface area contributed by atoms with Crippen molar-refractivity contribution in [1.29, 1.82) is 0 Å². The van der Waals surface area contributed by atoms with Crippen LogP contribution in [-0.4, -0.2) is 41.7 Å². The molecule has 0 fully saturated rings. The molecular formula is C22H22N2O5. The molecular weight excluding hydrogens is 372 g/mol. The SMILES string of the molecule is CCCCC(C(=O)Nc1ccc(C(=O)OC)cc1)N1C(=O)c2ccccc2C1=O. The van der Waals surface area contributed by atoms with Crippen LogP contribution in [0, 0.1) is 0 Å². The average molecular weight is 394 g/mol. The van der Waals surface area contributed by atoms with E-state index in [2.05, 4.69) is 10.1 Å². The number of hydrogen-bond donors (Lipinski definition) is 1. The molecule has 0 saturated heterocycles. The van der Waals surface area contributed by atoms with E-state index in [1.165, 1.54) is 19.2 Å². The van der Waals surface area contributed by atoms with Gasteiger partial charge in [-0.1, -0.05) is 31.9 Å². The van der Waals surface area contributed by atoms with E-state index in [-0.39, 0.29) is 0 Å². The number of fused-ring (bicyclic) bond motifs is 1. The third-order valence-electron chi connectivity index (χ3n) is 4.84. The average Bonchev–Trinajstić information content (AvgIpc) is 2.99. The summed E-state index contributed by atoms with van der Waals surface area (Å²) in [7, 11) is 1.29. The Balaban J connectivity index is 1.82. The zero-order valence-electron chi connectivity index (χ0n) is 16.3. The van der Waals surface area contributed by atoms with Gasteiger partial charge in [-0.15, -0.1) is 0 Å². The number of unbranched alkanes of at least 4 members (excludes halogenated alkanes) is 1. The fourth-order valence-electron chi connectivity index (χ4n) is 3.30. The summed E-state index contributed by atoms with van der Waals surface area (Å²) in [6.45, 7) is 1.98. The van der Waals surface area contributed by atoms with Gasteiger partial charge >= 0.3 is 5.97 Å². The highest BCUT2D eigenvalue weighted by atomic mass is 16.5. The number of nitrogens with zero attached hydrogens (tertiary/aromatic N) is 1. The molecule has 150 valence electrons. The third-order valence-corrected chi connectivity index (χ3v) is 4.84. The van der Waals surface area contributed by atoms with Gasteiger partial charge in [-0.05, 0) is 42.8 Å². The van der Waals surface area contributed by atoms with E-state index < -0.39 is 29.7 Å². The summed E-state index contributed by atoms with van der Waals surface area (Å²) in [5, 5.41) is 2.74. The van der Waals surface area contributed by atoms with E-state index >= 15 is 0 Å². The molecule has 2 aromatic rings. The van der Waals surface area contributed by atoms with Crippen LogP contribution >= 0.6 is 0 Å². The molecule has 3 amide bonds. The third kappa shape index (κ3) is 4.03.